The van der Waals surface area contributed by atoms with E-state index in [9.17, 15) is 9.59 Å². The topological polar surface area (TPSA) is 68.5 Å². The zero-order valence-electron chi connectivity index (χ0n) is 9.89. The lowest BCUT2D eigenvalue weighted by Gasteiger charge is -2.07. The van der Waals surface area contributed by atoms with Crippen molar-refractivity contribution in [1.29, 1.82) is 0 Å². The second-order valence-electron chi connectivity index (χ2n) is 3.75. The van der Waals surface area contributed by atoms with E-state index in [4.69, 9.17) is 9.84 Å². The minimum absolute atomic E-state index is 0.213. The molecule has 0 radical (unpaired) electrons. The van der Waals surface area contributed by atoms with Gasteiger partial charge in [0.15, 0.2) is 5.75 Å². The standard InChI is InChI=1S/C12H17NO4/c1-2-3-4-8-17-10-6-5-7-13(12(10)16)9-11(14)15/h5-7H,2-4,8-9H2,1H3,(H,14,15). The normalized spacial score (nSPS) is 10.2. The van der Waals surface area contributed by atoms with E-state index in [0.717, 1.165) is 23.8 Å². The van der Waals surface area contributed by atoms with Crippen LogP contribution in [0.25, 0.3) is 0 Å². The van der Waals surface area contributed by atoms with Gasteiger partial charge < -0.3 is 14.4 Å². The van der Waals surface area contributed by atoms with Crippen LogP contribution in [0.15, 0.2) is 23.1 Å². The Balaban J connectivity index is 2.66. The lowest BCUT2D eigenvalue weighted by atomic mass is 10.3. The van der Waals surface area contributed by atoms with Crippen LogP contribution in [0.4, 0.5) is 0 Å². The van der Waals surface area contributed by atoms with Gasteiger partial charge >= 0.3 is 5.97 Å². The fourth-order valence-electron chi connectivity index (χ4n) is 1.43. The van der Waals surface area contributed by atoms with Gasteiger partial charge in [-0.2, -0.15) is 0 Å². The number of aliphatic carboxylic acids is 1. The van der Waals surface area contributed by atoms with Gasteiger partial charge in [-0.15, -0.1) is 0 Å². The highest BCUT2D eigenvalue weighted by Gasteiger charge is 2.06. The molecule has 1 N–H and O–H groups in total. The van der Waals surface area contributed by atoms with Gasteiger partial charge in [0, 0.05) is 6.20 Å². The summed E-state index contributed by atoms with van der Waals surface area (Å²) >= 11 is 0. The monoisotopic (exact) mass is 239 g/mol. The number of carboxylic acids is 1. The largest absolute Gasteiger partial charge is 0.488 e. The average Bonchev–Trinajstić information content (AvgIpc) is 2.28. The number of carboxylic acid groups (broad SMARTS) is 1. The number of aromatic nitrogens is 1. The predicted molar refractivity (Wildman–Crippen MR) is 63.4 cm³/mol. The first-order chi connectivity index (χ1) is 8.15. The summed E-state index contributed by atoms with van der Waals surface area (Å²) in [7, 11) is 0. The minimum Gasteiger partial charge on any atom is -0.488 e. The van der Waals surface area contributed by atoms with Gasteiger partial charge in [0.05, 0.1) is 6.61 Å². The van der Waals surface area contributed by atoms with Crippen LogP contribution >= 0.6 is 0 Å². The van der Waals surface area contributed by atoms with Crippen molar-refractivity contribution in [3.05, 3.63) is 28.7 Å². The zero-order valence-corrected chi connectivity index (χ0v) is 9.89. The fourth-order valence-corrected chi connectivity index (χ4v) is 1.43. The molecule has 1 rings (SSSR count). The first-order valence-electron chi connectivity index (χ1n) is 5.69. The third-order valence-corrected chi connectivity index (χ3v) is 2.30. The first-order valence-corrected chi connectivity index (χ1v) is 5.69. The molecule has 17 heavy (non-hydrogen) atoms. The van der Waals surface area contributed by atoms with E-state index in [1.807, 2.05) is 0 Å². The Morgan fingerprint density at radius 3 is 2.88 bits per heavy atom. The number of unbranched alkanes of at least 4 members (excludes halogenated alkanes) is 2. The van der Waals surface area contributed by atoms with Crippen LogP contribution < -0.4 is 10.3 Å². The molecule has 0 saturated heterocycles. The molecule has 5 nitrogen and oxygen atoms in total. The average molecular weight is 239 g/mol. The Morgan fingerprint density at radius 1 is 1.47 bits per heavy atom. The Hall–Kier alpha value is -1.78. The summed E-state index contributed by atoms with van der Waals surface area (Å²) in [6, 6.07) is 3.17. The Morgan fingerprint density at radius 2 is 2.24 bits per heavy atom. The number of hydrogen-bond donors (Lipinski definition) is 1. The van der Waals surface area contributed by atoms with E-state index in [1.54, 1.807) is 12.1 Å². The van der Waals surface area contributed by atoms with Gasteiger partial charge in [0.2, 0.25) is 0 Å². The number of nitrogens with zero attached hydrogens (tertiary/aromatic N) is 1. The first kappa shape index (κ1) is 13.3. The van der Waals surface area contributed by atoms with Gasteiger partial charge in [-0.25, -0.2) is 0 Å². The van der Waals surface area contributed by atoms with Gasteiger partial charge in [-0.05, 0) is 18.6 Å². The van der Waals surface area contributed by atoms with Crippen LogP contribution in [0.3, 0.4) is 0 Å². The summed E-state index contributed by atoms with van der Waals surface area (Å²) in [6.07, 6.45) is 4.47. The van der Waals surface area contributed by atoms with Crippen LogP contribution in [0.1, 0.15) is 26.2 Å². The summed E-state index contributed by atoms with van der Waals surface area (Å²) in [5, 5.41) is 8.63. The van der Waals surface area contributed by atoms with Gasteiger partial charge in [0.1, 0.15) is 6.54 Å². The Labute approximate surface area is 99.6 Å². The van der Waals surface area contributed by atoms with E-state index in [-0.39, 0.29) is 12.3 Å². The van der Waals surface area contributed by atoms with Gasteiger partial charge in [0.25, 0.3) is 5.56 Å². The highest BCUT2D eigenvalue weighted by Crippen LogP contribution is 2.04. The maximum Gasteiger partial charge on any atom is 0.323 e. The third-order valence-electron chi connectivity index (χ3n) is 2.30. The maximum absolute atomic E-state index is 11.7. The molecule has 0 aliphatic carbocycles. The molecule has 0 saturated carbocycles. The highest BCUT2D eigenvalue weighted by molar-refractivity contribution is 5.66. The zero-order chi connectivity index (χ0) is 12.7. The second kappa shape index (κ2) is 6.73. The minimum atomic E-state index is -1.05. The van der Waals surface area contributed by atoms with Crippen molar-refractivity contribution in [2.24, 2.45) is 0 Å². The highest BCUT2D eigenvalue weighted by atomic mass is 16.5. The molecule has 0 spiro atoms. The maximum atomic E-state index is 11.7. The van der Waals surface area contributed by atoms with Crippen molar-refractivity contribution in [1.82, 2.24) is 4.57 Å². The summed E-state index contributed by atoms with van der Waals surface area (Å²) in [5.41, 5.74) is -0.397. The molecule has 0 amide bonds. The second-order valence-corrected chi connectivity index (χ2v) is 3.75. The molecular formula is C12H17NO4. The molecule has 1 heterocycles. The molecule has 0 aromatic carbocycles. The van der Waals surface area contributed by atoms with Gasteiger partial charge in [-0.1, -0.05) is 19.8 Å². The van der Waals surface area contributed by atoms with E-state index in [1.165, 1.54) is 6.20 Å². The van der Waals surface area contributed by atoms with Crippen LogP contribution in [-0.2, 0) is 11.3 Å². The molecule has 1 aromatic heterocycles. The van der Waals surface area contributed by atoms with E-state index < -0.39 is 11.5 Å². The van der Waals surface area contributed by atoms with E-state index in [2.05, 4.69) is 6.92 Å². The number of pyridine rings is 1. The summed E-state index contributed by atoms with van der Waals surface area (Å²) < 4.78 is 6.46. The smallest absolute Gasteiger partial charge is 0.323 e. The number of ether oxygens (including phenoxy) is 1. The SMILES string of the molecule is CCCCCOc1cccn(CC(=O)O)c1=O. The lowest BCUT2D eigenvalue weighted by molar-refractivity contribution is -0.137. The third kappa shape index (κ3) is 4.30. The number of carbonyl (C=O) groups is 1. The Kier molecular flexibility index (Phi) is 5.26. The van der Waals surface area contributed by atoms with Crippen LogP contribution in [0.5, 0.6) is 5.75 Å². The molecule has 0 atom stereocenters. The van der Waals surface area contributed by atoms with Crippen molar-refractivity contribution in [2.75, 3.05) is 6.61 Å². The van der Waals surface area contributed by atoms with Crippen molar-refractivity contribution in [3.8, 4) is 5.75 Å². The lowest BCUT2D eigenvalue weighted by Crippen LogP contribution is -2.24. The summed E-state index contributed by atoms with van der Waals surface area (Å²) in [6.45, 7) is 2.23. The molecule has 0 aliphatic heterocycles. The molecule has 0 bridgehead atoms. The Bertz CT molecular complexity index is 425. The molecule has 5 heteroatoms. The number of rotatable bonds is 7. The summed E-state index contributed by atoms with van der Waals surface area (Å²) in [4.78, 5) is 22.3. The molecule has 1 aromatic rings. The summed E-state index contributed by atoms with van der Waals surface area (Å²) in [5.74, 6) is -0.833. The van der Waals surface area contributed by atoms with E-state index >= 15 is 0 Å². The molecule has 0 aliphatic rings. The molecule has 0 fully saturated rings. The molecular weight excluding hydrogens is 222 g/mol. The van der Waals surface area contributed by atoms with Crippen molar-refractivity contribution < 1.29 is 14.6 Å². The number of hydrogen-bond acceptors (Lipinski definition) is 3. The van der Waals surface area contributed by atoms with Crippen molar-refractivity contribution in [2.45, 2.75) is 32.7 Å². The quantitative estimate of drug-likeness (QED) is 0.732. The van der Waals surface area contributed by atoms with Crippen LogP contribution in [-0.4, -0.2) is 22.2 Å². The van der Waals surface area contributed by atoms with Crippen LogP contribution in [0, 0.1) is 0 Å². The molecule has 0 unspecified atom stereocenters. The fraction of sp³-hybridized carbons (Fsp3) is 0.500. The van der Waals surface area contributed by atoms with Crippen molar-refractivity contribution >= 4 is 5.97 Å². The predicted octanol–water partition coefficient (Wildman–Crippen LogP) is 1.50. The van der Waals surface area contributed by atoms with Crippen LogP contribution in [0.2, 0.25) is 0 Å². The van der Waals surface area contributed by atoms with E-state index in [0.29, 0.717) is 6.61 Å². The molecule has 94 valence electrons. The van der Waals surface area contributed by atoms with Gasteiger partial charge in [-0.3, -0.25) is 9.59 Å². The van der Waals surface area contributed by atoms with Crippen molar-refractivity contribution in [3.63, 3.8) is 0 Å².